The molecule has 4 nitrogen and oxygen atoms in total. The van der Waals surface area contributed by atoms with E-state index in [1.165, 1.54) is 5.56 Å². The molecule has 1 aliphatic rings. The second kappa shape index (κ2) is 7.11. The molecule has 0 atom stereocenters. The van der Waals surface area contributed by atoms with Crippen LogP contribution in [0.15, 0.2) is 42.5 Å². The first-order valence-electron chi connectivity index (χ1n) is 7.81. The molecule has 0 saturated carbocycles. The molecule has 0 unspecified atom stereocenters. The van der Waals surface area contributed by atoms with Crippen molar-refractivity contribution >= 4 is 23.0 Å². The first kappa shape index (κ1) is 16.0. The van der Waals surface area contributed by atoms with Crippen molar-refractivity contribution in [2.24, 2.45) is 0 Å². The highest BCUT2D eigenvalue weighted by Crippen LogP contribution is 2.35. The highest BCUT2D eigenvalue weighted by Gasteiger charge is 2.20. The number of nitrogens with two attached hydrogens (primary N) is 1. The summed E-state index contributed by atoms with van der Waals surface area (Å²) in [5.41, 5.74) is 9.20. The molecule has 122 valence electrons. The molecular weight excluding hydrogens is 310 g/mol. The molecule has 5 heteroatoms. The van der Waals surface area contributed by atoms with Crippen LogP contribution in [0.25, 0.3) is 0 Å². The van der Waals surface area contributed by atoms with Crippen molar-refractivity contribution in [1.82, 2.24) is 4.90 Å². The number of hydrogen-bond acceptors (Lipinski definition) is 4. The number of piperazine rings is 1. The van der Waals surface area contributed by atoms with Crippen molar-refractivity contribution in [3.63, 3.8) is 0 Å². The molecule has 0 radical (unpaired) electrons. The zero-order valence-corrected chi connectivity index (χ0v) is 14.1. The van der Waals surface area contributed by atoms with Gasteiger partial charge in [0.05, 0.1) is 23.5 Å². The Bertz CT molecular complexity index is 655. The van der Waals surface area contributed by atoms with E-state index in [2.05, 4.69) is 40.1 Å². The van der Waals surface area contributed by atoms with Crippen molar-refractivity contribution in [1.29, 1.82) is 0 Å². The summed E-state index contributed by atoms with van der Waals surface area (Å²) in [5, 5.41) is 0.552. The number of ether oxygens (including phenoxy) is 1. The summed E-state index contributed by atoms with van der Waals surface area (Å²) in [6, 6.07) is 14.3. The van der Waals surface area contributed by atoms with Crippen molar-refractivity contribution in [2.75, 3.05) is 43.9 Å². The lowest BCUT2D eigenvalue weighted by atomic mass is 10.1. The Kier molecular flexibility index (Phi) is 4.94. The van der Waals surface area contributed by atoms with Gasteiger partial charge in [-0.1, -0.05) is 41.9 Å². The minimum Gasteiger partial charge on any atom is -0.495 e. The third-order valence-corrected chi connectivity index (χ3v) is 4.56. The van der Waals surface area contributed by atoms with E-state index in [4.69, 9.17) is 22.1 Å². The van der Waals surface area contributed by atoms with E-state index < -0.39 is 0 Å². The van der Waals surface area contributed by atoms with Gasteiger partial charge in [-0.15, -0.1) is 0 Å². The fourth-order valence-corrected chi connectivity index (χ4v) is 3.23. The highest BCUT2D eigenvalue weighted by atomic mass is 35.5. The Labute approximate surface area is 142 Å². The third-order valence-electron chi connectivity index (χ3n) is 4.26. The van der Waals surface area contributed by atoms with E-state index in [1.54, 1.807) is 13.2 Å². The Balaban J connectivity index is 1.65. The summed E-state index contributed by atoms with van der Waals surface area (Å²) < 4.78 is 5.31. The number of halogens is 1. The molecule has 2 aromatic rings. The molecule has 0 aromatic heterocycles. The van der Waals surface area contributed by atoms with Crippen LogP contribution in [0.4, 0.5) is 11.4 Å². The van der Waals surface area contributed by atoms with Crippen molar-refractivity contribution in [3.05, 3.63) is 53.1 Å². The van der Waals surface area contributed by atoms with Gasteiger partial charge < -0.3 is 15.4 Å². The van der Waals surface area contributed by atoms with Gasteiger partial charge in [0.1, 0.15) is 5.75 Å². The third kappa shape index (κ3) is 3.71. The van der Waals surface area contributed by atoms with Gasteiger partial charge in [-0.25, -0.2) is 0 Å². The standard InChI is InChI=1S/C18H22ClN3O/c1-23-18-12-17(16(20)11-15(18)19)22-9-7-21(8-10-22)13-14-5-3-2-4-6-14/h2-6,11-12H,7-10,13,20H2,1H3. The fourth-order valence-electron chi connectivity index (χ4n) is 2.98. The predicted octanol–water partition coefficient (Wildman–Crippen LogP) is 3.25. The SMILES string of the molecule is COc1cc(N2CCN(Cc3ccccc3)CC2)c(N)cc1Cl. The van der Waals surface area contributed by atoms with Crippen LogP contribution in [-0.4, -0.2) is 38.2 Å². The van der Waals surface area contributed by atoms with E-state index in [1.807, 2.05) is 6.07 Å². The fraction of sp³-hybridized carbons (Fsp3) is 0.333. The van der Waals surface area contributed by atoms with Crippen LogP contribution in [0.5, 0.6) is 5.75 Å². The van der Waals surface area contributed by atoms with Crippen LogP contribution >= 0.6 is 11.6 Å². The zero-order chi connectivity index (χ0) is 16.2. The molecule has 1 aliphatic heterocycles. The average Bonchev–Trinajstić information content (AvgIpc) is 2.57. The Morgan fingerprint density at radius 1 is 1.09 bits per heavy atom. The molecule has 23 heavy (non-hydrogen) atoms. The topological polar surface area (TPSA) is 41.7 Å². The van der Waals surface area contributed by atoms with Crippen molar-refractivity contribution in [3.8, 4) is 5.75 Å². The second-order valence-corrected chi connectivity index (χ2v) is 6.20. The van der Waals surface area contributed by atoms with Crippen LogP contribution in [0, 0.1) is 0 Å². The van der Waals surface area contributed by atoms with Gasteiger partial charge in [0.2, 0.25) is 0 Å². The van der Waals surface area contributed by atoms with Crippen LogP contribution < -0.4 is 15.4 Å². The largest absolute Gasteiger partial charge is 0.495 e. The van der Waals surface area contributed by atoms with Gasteiger partial charge in [-0.3, -0.25) is 4.90 Å². The number of rotatable bonds is 4. The molecule has 0 aliphatic carbocycles. The molecule has 0 amide bonds. The quantitative estimate of drug-likeness (QED) is 0.873. The van der Waals surface area contributed by atoms with Gasteiger partial charge in [-0.05, 0) is 11.6 Å². The predicted molar refractivity (Wildman–Crippen MR) is 96.3 cm³/mol. The molecule has 1 heterocycles. The number of anilines is 2. The maximum atomic E-state index is 6.14. The molecule has 0 bridgehead atoms. The van der Waals surface area contributed by atoms with Crippen LogP contribution in [0.3, 0.4) is 0 Å². The number of nitrogens with zero attached hydrogens (tertiary/aromatic N) is 2. The molecule has 1 fully saturated rings. The number of nitrogen functional groups attached to an aromatic ring is 1. The first-order valence-corrected chi connectivity index (χ1v) is 8.19. The maximum Gasteiger partial charge on any atom is 0.139 e. The van der Waals surface area contributed by atoms with Crippen LogP contribution in [-0.2, 0) is 6.54 Å². The van der Waals surface area contributed by atoms with E-state index >= 15 is 0 Å². The van der Waals surface area contributed by atoms with Gasteiger partial charge in [-0.2, -0.15) is 0 Å². The summed E-state index contributed by atoms with van der Waals surface area (Å²) in [7, 11) is 1.62. The van der Waals surface area contributed by atoms with E-state index in [0.717, 1.165) is 38.4 Å². The lowest BCUT2D eigenvalue weighted by molar-refractivity contribution is 0.250. The highest BCUT2D eigenvalue weighted by molar-refractivity contribution is 6.32. The summed E-state index contributed by atoms with van der Waals surface area (Å²) in [5.74, 6) is 0.669. The van der Waals surface area contributed by atoms with Gasteiger partial charge >= 0.3 is 0 Å². The lowest BCUT2D eigenvalue weighted by Crippen LogP contribution is -2.46. The molecule has 2 aromatic carbocycles. The van der Waals surface area contributed by atoms with E-state index in [0.29, 0.717) is 16.5 Å². The summed E-state index contributed by atoms with van der Waals surface area (Å²) in [6.07, 6.45) is 0. The summed E-state index contributed by atoms with van der Waals surface area (Å²) in [4.78, 5) is 4.77. The second-order valence-electron chi connectivity index (χ2n) is 5.79. The average molecular weight is 332 g/mol. The number of hydrogen-bond donors (Lipinski definition) is 1. The monoisotopic (exact) mass is 331 g/mol. The summed E-state index contributed by atoms with van der Waals surface area (Å²) >= 11 is 6.12. The van der Waals surface area contributed by atoms with E-state index in [9.17, 15) is 0 Å². The Morgan fingerprint density at radius 2 is 1.78 bits per heavy atom. The Morgan fingerprint density at radius 3 is 2.43 bits per heavy atom. The molecule has 0 spiro atoms. The van der Waals surface area contributed by atoms with E-state index in [-0.39, 0.29) is 0 Å². The number of methoxy groups -OCH3 is 1. The Hall–Kier alpha value is -1.91. The summed E-state index contributed by atoms with van der Waals surface area (Å²) in [6.45, 7) is 4.91. The van der Waals surface area contributed by atoms with Gasteiger partial charge in [0.15, 0.2) is 0 Å². The minimum atomic E-state index is 0.552. The number of benzene rings is 2. The lowest BCUT2D eigenvalue weighted by Gasteiger charge is -2.36. The van der Waals surface area contributed by atoms with Gasteiger partial charge in [0, 0.05) is 38.8 Å². The molecular formula is C18H22ClN3O. The normalized spacial score (nSPS) is 15.7. The first-order chi connectivity index (χ1) is 11.2. The molecule has 1 saturated heterocycles. The zero-order valence-electron chi connectivity index (χ0n) is 13.3. The molecule has 3 rings (SSSR count). The van der Waals surface area contributed by atoms with Gasteiger partial charge in [0.25, 0.3) is 0 Å². The maximum absolute atomic E-state index is 6.14. The van der Waals surface area contributed by atoms with Crippen molar-refractivity contribution < 1.29 is 4.74 Å². The smallest absolute Gasteiger partial charge is 0.139 e. The molecule has 2 N–H and O–H groups in total. The van der Waals surface area contributed by atoms with Crippen LogP contribution in [0.1, 0.15) is 5.56 Å². The minimum absolute atomic E-state index is 0.552. The van der Waals surface area contributed by atoms with Crippen molar-refractivity contribution in [2.45, 2.75) is 6.54 Å². The van der Waals surface area contributed by atoms with Crippen LogP contribution in [0.2, 0.25) is 5.02 Å².